The third-order valence-electron chi connectivity index (χ3n) is 4.29. The van der Waals surface area contributed by atoms with Gasteiger partial charge < -0.3 is 5.11 Å². The van der Waals surface area contributed by atoms with Crippen LogP contribution in [-0.4, -0.2) is 11.1 Å². The summed E-state index contributed by atoms with van der Waals surface area (Å²) in [6.45, 7) is 8.07. The monoisotopic (exact) mass is 296 g/mol. The zero-order valence-corrected chi connectivity index (χ0v) is 14.3. The van der Waals surface area contributed by atoms with Gasteiger partial charge in [-0.25, -0.2) is 4.79 Å². The Hall–Kier alpha value is -0.790. The molecule has 1 N–H and O–H groups in total. The number of carbonyl (C=O) groups is 1. The fraction of sp³-hybridized carbons (Fsp3) is 0.842. The van der Waals surface area contributed by atoms with Crippen LogP contribution >= 0.6 is 0 Å². The third kappa shape index (κ3) is 13.9. The van der Waals surface area contributed by atoms with Gasteiger partial charge >= 0.3 is 5.97 Å². The number of unbranched alkanes of at least 4 members (excludes halogenated alkanes) is 9. The lowest BCUT2D eigenvalue weighted by molar-refractivity contribution is -0.132. The molecule has 2 heteroatoms. The van der Waals surface area contributed by atoms with Crippen LogP contribution < -0.4 is 0 Å². The Balaban J connectivity index is 3.27. The van der Waals surface area contributed by atoms with Crippen LogP contribution in [0.1, 0.15) is 97.3 Å². The smallest absolute Gasteiger partial charge is 0.330 e. The summed E-state index contributed by atoms with van der Waals surface area (Å²) in [7, 11) is 0. The molecular formula is C19H36O2. The average molecular weight is 296 g/mol. The molecule has 0 aromatic heterocycles. The summed E-state index contributed by atoms with van der Waals surface area (Å²) >= 11 is 0. The van der Waals surface area contributed by atoms with E-state index in [0.29, 0.717) is 17.9 Å². The highest BCUT2D eigenvalue weighted by atomic mass is 16.4. The van der Waals surface area contributed by atoms with Crippen LogP contribution in [-0.2, 0) is 4.79 Å². The quantitative estimate of drug-likeness (QED) is 0.282. The van der Waals surface area contributed by atoms with Gasteiger partial charge in [-0.05, 0) is 18.8 Å². The number of rotatable bonds is 15. The molecule has 0 spiro atoms. The van der Waals surface area contributed by atoms with Crippen LogP contribution in [0.4, 0.5) is 0 Å². The van der Waals surface area contributed by atoms with Gasteiger partial charge in [-0.15, -0.1) is 0 Å². The molecule has 0 saturated heterocycles. The van der Waals surface area contributed by atoms with Gasteiger partial charge in [-0.1, -0.05) is 91.1 Å². The van der Waals surface area contributed by atoms with Crippen LogP contribution in [0.2, 0.25) is 0 Å². The van der Waals surface area contributed by atoms with Gasteiger partial charge in [0, 0.05) is 5.57 Å². The van der Waals surface area contributed by atoms with Crippen LogP contribution in [0, 0.1) is 5.92 Å². The number of carboxylic acids is 1. The van der Waals surface area contributed by atoms with E-state index in [9.17, 15) is 4.79 Å². The van der Waals surface area contributed by atoms with Crippen molar-refractivity contribution < 1.29 is 9.90 Å². The van der Waals surface area contributed by atoms with Gasteiger partial charge in [0.05, 0.1) is 0 Å². The Morgan fingerprint density at radius 1 is 0.905 bits per heavy atom. The van der Waals surface area contributed by atoms with Crippen LogP contribution in [0.5, 0.6) is 0 Å². The molecule has 0 amide bonds. The van der Waals surface area contributed by atoms with Gasteiger partial charge in [0.15, 0.2) is 0 Å². The van der Waals surface area contributed by atoms with E-state index in [0.717, 1.165) is 6.42 Å². The minimum absolute atomic E-state index is 0.352. The molecule has 1 atom stereocenters. The second-order valence-corrected chi connectivity index (χ2v) is 6.52. The van der Waals surface area contributed by atoms with Crippen molar-refractivity contribution >= 4 is 5.97 Å². The zero-order valence-electron chi connectivity index (χ0n) is 14.3. The molecule has 124 valence electrons. The SMILES string of the molecule is C=C(CCC(C)CCCCCCCCCCCC)C(=O)O. The van der Waals surface area contributed by atoms with Crippen LogP contribution in [0.15, 0.2) is 12.2 Å². The first-order chi connectivity index (χ1) is 10.1. The average Bonchev–Trinajstić information content (AvgIpc) is 2.46. The summed E-state index contributed by atoms with van der Waals surface area (Å²) in [4.78, 5) is 10.7. The molecule has 0 rings (SSSR count). The summed E-state index contributed by atoms with van der Waals surface area (Å²) in [5.41, 5.74) is 0.352. The Bertz CT molecular complexity index is 271. The molecule has 1 unspecified atom stereocenters. The van der Waals surface area contributed by atoms with Crippen LogP contribution in [0.25, 0.3) is 0 Å². The van der Waals surface area contributed by atoms with Crippen molar-refractivity contribution in [3.8, 4) is 0 Å². The fourth-order valence-electron chi connectivity index (χ4n) is 2.65. The third-order valence-corrected chi connectivity index (χ3v) is 4.29. The lowest BCUT2D eigenvalue weighted by atomic mass is 9.95. The first kappa shape index (κ1) is 20.2. The van der Waals surface area contributed by atoms with E-state index in [2.05, 4.69) is 20.4 Å². The summed E-state index contributed by atoms with van der Waals surface area (Å²) in [5, 5.41) is 8.76. The van der Waals surface area contributed by atoms with E-state index >= 15 is 0 Å². The molecular weight excluding hydrogens is 260 g/mol. The van der Waals surface area contributed by atoms with Crippen molar-refractivity contribution in [2.24, 2.45) is 5.92 Å². The number of hydrogen-bond donors (Lipinski definition) is 1. The van der Waals surface area contributed by atoms with E-state index in [4.69, 9.17) is 5.11 Å². The van der Waals surface area contributed by atoms with Crippen molar-refractivity contribution in [3.63, 3.8) is 0 Å². The van der Waals surface area contributed by atoms with E-state index in [-0.39, 0.29) is 0 Å². The molecule has 0 bridgehead atoms. The molecule has 0 aromatic rings. The summed E-state index contributed by atoms with van der Waals surface area (Å²) < 4.78 is 0. The van der Waals surface area contributed by atoms with Gasteiger partial charge in [0.1, 0.15) is 0 Å². The maximum absolute atomic E-state index is 10.7. The van der Waals surface area contributed by atoms with Crippen molar-refractivity contribution in [3.05, 3.63) is 12.2 Å². The molecule has 0 saturated carbocycles. The maximum atomic E-state index is 10.7. The number of hydrogen-bond acceptors (Lipinski definition) is 1. The zero-order chi connectivity index (χ0) is 15.9. The highest BCUT2D eigenvalue weighted by Gasteiger charge is 2.07. The minimum atomic E-state index is -0.846. The summed E-state index contributed by atoms with van der Waals surface area (Å²) in [6, 6.07) is 0. The van der Waals surface area contributed by atoms with Crippen molar-refractivity contribution in [1.82, 2.24) is 0 Å². The Labute approximate surface area is 132 Å². The van der Waals surface area contributed by atoms with Crippen molar-refractivity contribution in [2.45, 2.75) is 97.3 Å². The Morgan fingerprint density at radius 2 is 1.38 bits per heavy atom. The molecule has 0 aliphatic heterocycles. The van der Waals surface area contributed by atoms with Gasteiger partial charge in [0.2, 0.25) is 0 Å². The summed E-state index contributed by atoms with van der Waals surface area (Å²) in [6.07, 6.45) is 16.6. The second kappa shape index (κ2) is 14.2. The minimum Gasteiger partial charge on any atom is -0.478 e. The topological polar surface area (TPSA) is 37.3 Å². The van der Waals surface area contributed by atoms with E-state index in [1.54, 1.807) is 0 Å². The van der Waals surface area contributed by atoms with Gasteiger partial charge in [-0.2, -0.15) is 0 Å². The number of aliphatic carboxylic acids is 1. The molecule has 2 nitrogen and oxygen atoms in total. The van der Waals surface area contributed by atoms with E-state index in [1.165, 1.54) is 70.6 Å². The Morgan fingerprint density at radius 3 is 1.86 bits per heavy atom. The Kier molecular flexibility index (Phi) is 13.6. The van der Waals surface area contributed by atoms with E-state index < -0.39 is 5.97 Å². The van der Waals surface area contributed by atoms with Crippen molar-refractivity contribution in [2.75, 3.05) is 0 Å². The van der Waals surface area contributed by atoms with Crippen molar-refractivity contribution in [1.29, 1.82) is 0 Å². The standard InChI is InChI=1S/C19H36O2/c1-4-5-6-7-8-9-10-11-12-13-14-17(2)15-16-18(3)19(20)21/h17H,3-16H2,1-2H3,(H,20,21). The highest BCUT2D eigenvalue weighted by molar-refractivity contribution is 5.85. The lowest BCUT2D eigenvalue weighted by Gasteiger charge is -2.11. The lowest BCUT2D eigenvalue weighted by Crippen LogP contribution is -2.02. The molecule has 0 heterocycles. The molecule has 0 fully saturated rings. The second-order valence-electron chi connectivity index (χ2n) is 6.52. The number of carboxylic acid groups (broad SMARTS) is 1. The van der Waals surface area contributed by atoms with E-state index in [1.807, 2.05) is 0 Å². The normalized spacial score (nSPS) is 12.3. The molecule has 0 aliphatic carbocycles. The first-order valence-corrected chi connectivity index (χ1v) is 8.99. The van der Waals surface area contributed by atoms with Gasteiger partial charge in [0.25, 0.3) is 0 Å². The predicted molar refractivity (Wildman–Crippen MR) is 91.6 cm³/mol. The molecule has 0 aromatic carbocycles. The fourth-order valence-corrected chi connectivity index (χ4v) is 2.65. The highest BCUT2D eigenvalue weighted by Crippen LogP contribution is 2.18. The van der Waals surface area contributed by atoms with Crippen LogP contribution in [0.3, 0.4) is 0 Å². The summed E-state index contributed by atoms with van der Waals surface area (Å²) in [5.74, 6) is -0.226. The predicted octanol–water partition coefficient (Wildman–Crippen LogP) is 6.35. The molecule has 0 radical (unpaired) electrons. The van der Waals surface area contributed by atoms with Gasteiger partial charge in [-0.3, -0.25) is 0 Å². The maximum Gasteiger partial charge on any atom is 0.330 e. The molecule has 0 aliphatic rings. The molecule has 21 heavy (non-hydrogen) atoms. The first-order valence-electron chi connectivity index (χ1n) is 8.99. The largest absolute Gasteiger partial charge is 0.478 e.